The molecule has 1 aromatic heterocycles. The molecular weight excluding hydrogens is 348 g/mol. The summed E-state index contributed by atoms with van der Waals surface area (Å²) in [4.78, 5) is 12.2. The monoisotopic (exact) mass is 386 g/mol. The molecule has 0 atom stereocenters. The van der Waals surface area contributed by atoms with Crippen LogP contribution in [0.5, 0.6) is 5.75 Å². The summed E-state index contributed by atoms with van der Waals surface area (Å²) in [6.07, 6.45) is 13.5. The molecule has 3 aliphatic rings. The fourth-order valence-electron chi connectivity index (χ4n) is 5.51. The van der Waals surface area contributed by atoms with Gasteiger partial charge in [-0.15, -0.1) is 0 Å². The van der Waals surface area contributed by atoms with Gasteiger partial charge in [-0.05, 0) is 82.3 Å². The summed E-state index contributed by atoms with van der Waals surface area (Å²) < 4.78 is 5.47. The largest absolute Gasteiger partial charge is 0.493 e. The second-order valence-corrected chi connectivity index (χ2v) is 9.11. The maximum Gasteiger partial charge on any atom is 0.171 e. The topological polar surface area (TPSA) is 31.8 Å². The van der Waals surface area contributed by atoms with Crippen LogP contribution in [0, 0.1) is 5.41 Å². The highest BCUT2D eigenvalue weighted by Crippen LogP contribution is 2.46. The minimum atomic E-state index is 0.756. The second-order valence-electron chi connectivity index (χ2n) is 9.11. The molecule has 1 spiro atoms. The van der Waals surface area contributed by atoms with Crippen LogP contribution in [0.15, 0.2) is 18.3 Å². The van der Waals surface area contributed by atoms with Gasteiger partial charge in [0.1, 0.15) is 0 Å². The van der Waals surface area contributed by atoms with Crippen molar-refractivity contribution in [1.29, 1.82) is 0 Å². The van der Waals surface area contributed by atoms with Gasteiger partial charge in [-0.1, -0.05) is 12.8 Å². The van der Waals surface area contributed by atoms with E-state index < -0.39 is 0 Å². The Balaban J connectivity index is 1.11. The van der Waals surface area contributed by atoms with Crippen LogP contribution >= 0.6 is 0 Å². The van der Waals surface area contributed by atoms with Gasteiger partial charge in [-0.3, -0.25) is 4.90 Å². The first-order chi connectivity index (χ1) is 13.8. The lowest BCUT2D eigenvalue weighted by atomic mass is 9.77. The number of hydrogen-bond donors (Lipinski definition) is 0. The SMILES string of the molecule is COc1cccnc1N1CCN(CCCCN2CCC3(CCCC3)CC2)CC1. The van der Waals surface area contributed by atoms with Crippen LogP contribution in [0.4, 0.5) is 5.82 Å². The van der Waals surface area contributed by atoms with Gasteiger partial charge < -0.3 is 14.5 Å². The van der Waals surface area contributed by atoms with E-state index in [0.717, 1.165) is 43.2 Å². The average Bonchev–Trinajstić information content (AvgIpc) is 3.21. The van der Waals surface area contributed by atoms with E-state index in [0.29, 0.717) is 0 Å². The molecule has 2 saturated heterocycles. The maximum atomic E-state index is 5.47. The van der Waals surface area contributed by atoms with E-state index in [-0.39, 0.29) is 0 Å². The molecule has 5 nitrogen and oxygen atoms in total. The van der Waals surface area contributed by atoms with E-state index in [9.17, 15) is 0 Å². The molecule has 28 heavy (non-hydrogen) atoms. The molecule has 1 saturated carbocycles. The zero-order chi connectivity index (χ0) is 19.2. The van der Waals surface area contributed by atoms with Crippen molar-refractivity contribution in [2.75, 3.05) is 64.4 Å². The Bertz CT molecular complexity index is 598. The third-order valence-corrected chi connectivity index (χ3v) is 7.42. The number of piperidine rings is 1. The Hall–Kier alpha value is -1.33. The van der Waals surface area contributed by atoms with Crippen molar-refractivity contribution in [3.8, 4) is 5.75 Å². The number of ether oxygens (including phenoxy) is 1. The summed E-state index contributed by atoms with van der Waals surface area (Å²) in [7, 11) is 1.73. The summed E-state index contributed by atoms with van der Waals surface area (Å²) in [5.74, 6) is 1.88. The fourth-order valence-corrected chi connectivity index (χ4v) is 5.51. The standard InChI is InChI=1S/C23H38N4O/c1-28-21-7-6-12-24-22(21)27-19-17-26(18-20-27)14-5-4-13-25-15-10-23(11-16-25)8-2-3-9-23/h6-7,12H,2-5,8-11,13-20H2,1H3. The van der Waals surface area contributed by atoms with Crippen LogP contribution in [-0.4, -0.2) is 74.3 Å². The molecule has 4 rings (SSSR count). The average molecular weight is 387 g/mol. The normalized spacial score (nSPS) is 23.4. The number of piperazine rings is 1. The Labute approximate surface area is 171 Å². The number of pyridine rings is 1. The van der Waals surface area contributed by atoms with E-state index in [1.165, 1.54) is 77.5 Å². The van der Waals surface area contributed by atoms with Crippen LogP contribution in [0.1, 0.15) is 51.4 Å². The van der Waals surface area contributed by atoms with E-state index in [1.807, 2.05) is 18.3 Å². The Morgan fingerprint density at radius 3 is 2.18 bits per heavy atom. The predicted molar refractivity (Wildman–Crippen MR) is 115 cm³/mol. The van der Waals surface area contributed by atoms with Crippen LogP contribution in [0.3, 0.4) is 0 Å². The first kappa shape index (κ1) is 20.0. The molecule has 5 heteroatoms. The van der Waals surface area contributed by atoms with Crippen molar-refractivity contribution >= 4 is 5.82 Å². The zero-order valence-electron chi connectivity index (χ0n) is 17.7. The fraction of sp³-hybridized carbons (Fsp3) is 0.783. The van der Waals surface area contributed by atoms with Crippen molar-refractivity contribution in [2.24, 2.45) is 5.41 Å². The van der Waals surface area contributed by atoms with Gasteiger partial charge in [-0.25, -0.2) is 4.98 Å². The van der Waals surface area contributed by atoms with Crippen molar-refractivity contribution < 1.29 is 4.74 Å². The third kappa shape index (κ3) is 4.80. The summed E-state index contributed by atoms with van der Waals surface area (Å²) in [5, 5.41) is 0. The minimum absolute atomic E-state index is 0.756. The molecule has 3 heterocycles. The lowest BCUT2D eigenvalue weighted by Gasteiger charge is -2.39. The highest BCUT2D eigenvalue weighted by Gasteiger charge is 2.36. The van der Waals surface area contributed by atoms with Gasteiger partial charge in [0.2, 0.25) is 0 Å². The number of rotatable bonds is 7. The molecular formula is C23H38N4O. The van der Waals surface area contributed by atoms with E-state index in [4.69, 9.17) is 4.74 Å². The number of anilines is 1. The second kappa shape index (κ2) is 9.45. The van der Waals surface area contributed by atoms with Crippen molar-refractivity contribution in [3.05, 3.63) is 18.3 Å². The summed E-state index contributed by atoms with van der Waals surface area (Å²) in [6.45, 7) is 9.60. The first-order valence-electron chi connectivity index (χ1n) is 11.5. The summed E-state index contributed by atoms with van der Waals surface area (Å²) in [6, 6.07) is 3.94. The smallest absolute Gasteiger partial charge is 0.171 e. The quantitative estimate of drug-likeness (QED) is 0.668. The van der Waals surface area contributed by atoms with Gasteiger partial charge >= 0.3 is 0 Å². The number of aromatic nitrogens is 1. The Morgan fingerprint density at radius 1 is 0.893 bits per heavy atom. The molecule has 0 bridgehead atoms. The van der Waals surface area contributed by atoms with E-state index in [2.05, 4.69) is 19.7 Å². The van der Waals surface area contributed by atoms with Crippen LogP contribution in [0.25, 0.3) is 0 Å². The molecule has 3 fully saturated rings. The van der Waals surface area contributed by atoms with Crippen LogP contribution < -0.4 is 9.64 Å². The third-order valence-electron chi connectivity index (χ3n) is 7.42. The zero-order valence-corrected chi connectivity index (χ0v) is 17.7. The first-order valence-corrected chi connectivity index (χ1v) is 11.5. The van der Waals surface area contributed by atoms with Gasteiger partial charge in [0.15, 0.2) is 11.6 Å². The number of unbranched alkanes of at least 4 members (excludes halogenated alkanes) is 1. The molecule has 0 aromatic carbocycles. The number of hydrogen-bond acceptors (Lipinski definition) is 5. The predicted octanol–water partition coefficient (Wildman–Crippen LogP) is 3.65. The number of nitrogens with zero attached hydrogens (tertiary/aromatic N) is 4. The molecule has 156 valence electrons. The van der Waals surface area contributed by atoms with Crippen LogP contribution in [0.2, 0.25) is 0 Å². The van der Waals surface area contributed by atoms with Crippen molar-refractivity contribution in [3.63, 3.8) is 0 Å². The molecule has 0 radical (unpaired) electrons. The van der Waals surface area contributed by atoms with Crippen LogP contribution in [-0.2, 0) is 0 Å². The highest BCUT2D eigenvalue weighted by molar-refractivity contribution is 5.52. The molecule has 0 amide bonds. The van der Waals surface area contributed by atoms with Gasteiger partial charge in [0, 0.05) is 32.4 Å². The Morgan fingerprint density at radius 2 is 1.54 bits per heavy atom. The van der Waals surface area contributed by atoms with E-state index in [1.54, 1.807) is 7.11 Å². The molecule has 2 aliphatic heterocycles. The Kier molecular flexibility index (Phi) is 6.73. The molecule has 1 aromatic rings. The van der Waals surface area contributed by atoms with E-state index >= 15 is 0 Å². The minimum Gasteiger partial charge on any atom is -0.493 e. The van der Waals surface area contributed by atoms with Gasteiger partial charge in [0.25, 0.3) is 0 Å². The number of methoxy groups -OCH3 is 1. The highest BCUT2D eigenvalue weighted by atomic mass is 16.5. The van der Waals surface area contributed by atoms with Crippen molar-refractivity contribution in [2.45, 2.75) is 51.4 Å². The molecule has 0 unspecified atom stereocenters. The lowest BCUT2D eigenvalue weighted by Crippen LogP contribution is -2.47. The lowest BCUT2D eigenvalue weighted by molar-refractivity contribution is 0.106. The molecule has 0 N–H and O–H groups in total. The molecule has 1 aliphatic carbocycles. The maximum absolute atomic E-state index is 5.47. The summed E-state index contributed by atoms with van der Waals surface area (Å²) in [5.41, 5.74) is 0.756. The van der Waals surface area contributed by atoms with Crippen molar-refractivity contribution in [1.82, 2.24) is 14.8 Å². The van der Waals surface area contributed by atoms with Gasteiger partial charge in [-0.2, -0.15) is 0 Å². The number of likely N-dealkylation sites (tertiary alicyclic amines) is 1. The van der Waals surface area contributed by atoms with Gasteiger partial charge in [0.05, 0.1) is 7.11 Å². The summed E-state index contributed by atoms with van der Waals surface area (Å²) >= 11 is 0.